The maximum atomic E-state index is 5.06. The van der Waals surface area contributed by atoms with Crippen LogP contribution in [0.1, 0.15) is 29.0 Å². The molecule has 77 valence electrons. The van der Waals surface area contributed by atoms with E-state index < -0.39 is 0 Å². The van der Waals surface area contributed by atoms with Gasteiger partial charge in [0.15, 0.2) is 0 Å². The van der Waals surface area contributed by atoms with E-state index >= 15 is 0 Å². The first-order valence-corrected chi connectivity index (χ1v) is 5.05. The molecule has 1 rings (SSSR count). The Morgan fingerprint density at radius 1 is 1.36 bits per heavy atom. The molecule has 1 heteroatoms. The van der Waals surface area contributed by atoms with Gasteiger partial charge in [-0.3, -0.25) is 0 Å². The first-order chi connectivity index (χ1) is 6.66. The van der Waals surface area contributed by atoms with Crippen LogP contribution in [0.5, 0.6) is 0 Å². The van der Waals surface area contributed by atoms with Crippen molar-refractivity contribution in [2.45, 2.75) is 26.2 Å². The summed E-state index contributed by atoms with van der Waals surface area (Å²) in [4.78, 5) is 0. The monoisotopic (exact) mass is 191 g/mol. The highest BCUT2D eigenvalue weighted by Gasteiger charge is 2.08. The molecule has 1 atom stereocenters. The van der Waals surface area contributed by atoms with Gasteiger partial charge >= 0.3 is 0 Å². The van der Waals surface area contributed by atoms with Crippen molar-refractivity contribution in [2.24, 2.45) is 0 Å². The maximum Gasteiger partial charge on any atom is 0.0468 e. The van der Waals surface area contributed by atoms with E-state index in [2.05, 4.69) is 39.0 Å². The first-order valence-electron chi connectivity index (χ1n) is 5.05. The molecular weight excluding hydrogens is 172 g/mol. The van der Waals surface area contributed by atoms with Gasteiger partial charge in [-0.2, -0.15) is 0 Å². The van der Waals surface area contributed by atoms with E-state index in [4.69, 9.17) is 4.74 Å². The third-order valence-electron chi connectivity index (χ3n) is 2.76. The molecular formula is C13H19O. The Bertz CT molecular complexity index is 291. The van der Waals surface area contributed by atoms with E-state index in [0.29, 0.717) is 5.92 Å². The molecule has 0 aliphatic rings. The van der Waals surface area contributed by atoms with Crippen molar-refractivity contribution in [3.05, 3.63) is 41.8 Å². The van der Waals surface area contributed by atoms with Crippen molar-refractivity contribution in [2.75, 3.05) is 13.7 Å². The molecule has 0 aromatic heterocycles. The summed E-state index contributed by atoms with van der Waals surface area (Å²) in [6.45, 7) is 9.25. The number of benzene rings is 1. The summed E-state index contributed by atoms with van der Waals surface area (Å²) in [6, 6.07) is 6.40. The third kappa shape index (κ3) is 2.58. The van der Waals surface area contributed by atoms with Gasteiger partial charge in [0, 0.05) is 13.7 Å². The van der Waals surface area contributed by atoms with Gasteiger partial charge in [-0.25, -0.2) is 0 Å². The van der Waals surface area contributed by atoms with Gasteiger partial charge in [0.2, 0.25) is 0 Å². The smallest absolute Gasteiger partial charge is 0.0468 e. The molecule has 0 amide bonds. The van der Waals surface area contributed by atoms with Crippen molar-refractivity contribution < 1.29 is 4.74 Å². The highest BCUT2D eigenvalue weighted by atomic mass is 16.5. The second-order valence-electron chi connectivity index (χ2n) is 3.77. The summed E-state index contributed by atoms with van der Waals surface area (Å²) in [5, 5.41) is 0. The molecule has 1 aromatic carbocycles. The lowest BCUT2D eigenvalue weighted by molar-refractivity contribution is 0.191. The molecule has 0 saturated carbocycles. The molecule has 0 spiro atoms. The minimum atomic E-state index is 0.342. The molecule has 1 unspecified atom stereocenters. The van der Waals surface area contributed by atoms with Gasteiger partial charge in [-0.1, -0.05) is 18.2 Å². The average Bonchev–Trinajstić information content (AvgIpc) is 2.18. The second-order valence-corrected chi connectivity index (χ2v) is 3.77. The van der Waals surface area contributed by atoms with Crippen molar-refractivity contribution in [3.8, 4) is 0 Å². The fourth-order valence-electron chi connectivity index (χ4n) is 1.63. The Balaban J connectivity index is 2.79. The third-order valence-corrected chi connectivity index (χ3v) is 2.76. The van der Waals surface area contributed by atoms with Gasteiger partial charge in [-0.15, -0.1) is 0 Å². The fraction of sp³-hybridized carbons (Fsp3) is 0.462. The van der Waals surface area contributed by atoms with Crippen LogP contribution in [0.2, 0.25) is 0 Å². The molecule has 1 radical (unpaired) electrons. The summed E-state index contributed by atoms with van der Waals surface area (Å²) in [5.74, 6) is 0.342. The molecule has 14 heavy (non-hydrogen) atoms. The van der Waals surface area contributed by atoms with Crippen LogP contribution in [0, 0.1) is 20.8 Å². The minimum Gasteiger partial charge on any atom is -0.385 e. The molecule has 0 heterocycles. The predicted molar refractivity (Wildman–Crippen MR) is 60.5 cm³/mol. The number of hydrogen-bond acceptors (Lipinski definition) is 1. The summed E-state index contributed by atoms with van der Waals surface area (Å²) in [7, 11) is 1.73. The van der Waals surface area contributed by atoms with E-state index in [0.717, 1.165) is 13.0 Å². The Morgan fingerprint density at radius 3 is 2.71 bits per heavy atom. The van der Waals surface area contributed by atoms with Crippen LogP contribution in [0.4, 0.5) is 0 Å². The van der Waals surface area contributed by atoms with E-state index in [9.17, 15) is 0 Å². The van der Waals surface area contributed by atoms with Gasteiger partial charge < -0.3 is 4.74 Å². The molecule has 1 nitrogen and oxygen atoms in total. The Morgan fingerprint density at radius 2 is 2.07 bits per heavy atom. The second kappa shape index (κ2) is 5.16. The average molecular weight is 191 g/mol. The van der Waals surface area contributed by atoms with Crippen LogP contribution in [0.3, 0.4) is 0 Å². The van der Waals surface area contributed by atoms with E-state index in [-0.39, 0.29) is 0 Å². The number of methoxy groups -OCH3 is 1. The number of ether oxygens (including phenoxy) is 1. The zero-order valence-electron chi connectivity index (χ0n) is 9.34. The highest BCUT2D eigenvalue weighted by molar-refractivity contribution is 5.36. The van der Waals surface area contributed by atoms with Crippen molar-refractivity contribution >= 4 is 0 Å². The summed E-state index contributed by atoms with van der Waals surface area (Å²) in [5.41, 5.74) is 4.05. The lowest BCUT2D eigenvalue weighted by Gasteiger charge is -2.15. The molecule has 0 saturated heterocycles. The lowest BCUT2D eigenvalue weighted by Crippen LogP contribution is -2.02. The van der Waals surface area contributed by atoms with Crippen LogP contribution in [-0.2, 0) is 4.74 Å². The van der Waals surface area contributed by atoms with Crippen molar-refractivity contribution in [1.82, 2.24) is 0 Å². The Kier molecular flexibility index (Phi) is 4.15. The van der Waals surface area contributed by atoms with Gasteiger partial charge in [0.1, 0.15) is 0 Å². The zero-order chi connectivity index (χ0) is 10.6. The quantitative estimate of drug-likeness (QED) is 0.709. The van der Waals surface area contributed by atoms with Crippen LogP contribution >= 0.6 is 0 Å². The number of rotatable bonds is 4. The van der Waals surface area contributed by atoms with Crippen molar-refractivity contribution in [3.63, 3.8) is 0 Å². The molecule has 0 aliphatic heterocycles. The Hall–Kier alpha value is -0.820. The number of hydrogen-bond donors (Lipinski definition) is 0. The molecule has 0 fully saturated rings. The molecule has 0 N–H and O–H groups in total. The first kappa shape index (κ1) is 11.3. The van der Waals surface area contributed by atoms with Gasteiger partial charge in [-0.05, 0) is 49.8 Å². The van der Waals surface area contributed by atoms with E-state index in [1.54, 1.807) is 7.11 Å². The van der Waals surface area contributed by atoms with Crippen LogP contribution < -0.4 is 0 Å². The summed E-state index contributed by atoms with van der Waals surface area (Å²) in [6.07, 6.45) is 0.987. The molecule has 0 bridgehead atoms. The van der Waals surface area contributed by atoms with E-state index in [1.165, 1.54) is 16.7 Å². The molecule has 0 aliphatic carbocycles. The number of aryl methyl sites for hydroxylation is 1. The van der Waals surface area contributed by atoms with Crippen molar-refractivity contribution in [1.29, 1.82) is 0 Å². The van der Waals surface area contributed by atoms with Gasteiger partial charge in [0.05, 0.1) is 0 Å². The van der Waals surface area contributed by atoms with Crippen LogP contribution in [0.25, 0.3) is 0 Å². The normalized spacial score (nSPS) is 12.9. The van der Waals surface area contributed by atoms with Crippen LogP contribution in [0.15, 0.2) is 18.2 Å². The maximum absolute atomic E-state index is 5.06. The minimum absolute atomic E-state index is 0.342. The predicted octanol–water partition coefficient (Wildman–Crippen LogP) is 3.26. The topological polar surface area (TPSA) is 9.23 Å². The lowest BCUT2D eigenvalue weighted by atomic mass is 9.92. The van der Waals surface area contributed by atoms with E-state index in [1.807, 2.05) is 0 Å². The fourth-order valence-corrected chi connectivity index (χ4v) is 1.63. The van der Waals surface area contributed by atoms with Crippen LogP contribution in [-0.4, -0.2) is 13.7 Å². The standard InChI is InChI=1S/C13H19O/c1-10-6-5-7-13(12(10)3)11(2)8-9-14-4/h5-7,11H,2,8-9H2,1,3-4H3. The largest absolute Gasteiger partial charge is 0.385 e. The summed E-state index contributed by atoms with van der Waals surface area (Å²) < 4.78 is 5.06. The zero-order valence-corrected chi connectivity index (χ0v) is 9.34. The Labute approximate surface area is 87.1 Å². The SMILES string of the molecule is [CH2]C(CCOC)c1cccc(C)c1C. The molecule has 1 aromatic rings. The summed E-state index contributed by atoms with van der Waals surface area (Å²) >= 11 is 0. The van der Waals surface area contributed by atoms with Gasteiger partial charge in [0.25, 0.3) is 0 Å². The highest BCUT2D eigenvalue weighted by Crippen LogP contribution is 2.23.